The summed E-state index contributed by atoms with van der Waals surface area (Å²) in [6.07, 6.45) is 4.61. The number of aliphatic hydroxyl groups excluding tert-OH is 1. The molecule has 0 aromatic rings. The van der Waals surface area contributed by atoms with Crippen molar-refractivity contribution < 1.29 is 9.84 Å². The molecule has 0 aromatic heterocycles. The molecular weight excluding hydrogens is 178 g/mol. The van der Waals surface area contributed by atoms with Crippen LogP contribution in [-0.2, 0) is 4.74 Å². The Labute approximate surface area is 86.8 Å². The molecule has 1 fully saturated rings. The number of hydrogen-bond donors (Lipinski definition) is 2. The van der Waals surface area contributed by atoms with E-state index in [0.29, 0.717) is 6.04 Å². The molecule has 0 aromatic carbocycles. The fourth-order valence-corrected chi connectivity index (χ4v) is 1.41. The Morgan fingerprint density at radius 3 is 2.86 bits per heavy atom. The highest BCUT2D eigenvalue weighted by molar-refractivity contribution is 4.73. The Morgan fingerprint density at radius 1 is 1.50 bits per heavy atom. The van der Waals surface area contributed by atoms with E-state index in [1.54, 1.807) is 0 Å². The van der Waals surface area contributed by atoms with Crippen LogP contribution >= 0.6 is 0 Å². The predicted octanol–water partition coefficient (Wildman–Crippen LogP) is 1.16. The molecule has 1 aliphatic carbocycles. The molecule has 84 valence electrons. The van der Waals surface area contributed by atoms with Crippen LogP contribution in [0.15, 0.2) is 0 Å². The van der Waals surface area contributed by atoms with Gasteiger partial charge >= 0.3 is 0 Å². The third-order valence-electron chi connectivity index (χ3n) is 2.53. The summed E-state index contributed by atoms with van der Waals surface area (Å²) in [5.41, 5.74) is 0. The van der Waals surface area contributed by atoms with E-state index < -0.39 is 0 Å². The second kappa shape index (κ2) is 7.21. The van der Waals surface area contributed by atoms with Gasteiger partial charge in [0.05, 0.1) is 6.61 Å². The lowest BCUT2D eigenvalue weighted by molar-refractivity contribution is 0.0940. The van der Waals surface area contributed by atoms with Gasteiger partial charge in [0.1, 0.15) is 0 Å². The highest BCUT2D eigenvalue weighted by atomic mass is 16.5. The fraction of sp³-hybridized carbons (Fsp3) is 1.00. The monoisotopic (exact) mass is 201 g/mol. The minimum absolute atomic E-state index is 0.244. The molecule has 1 unspecified atom stereocenters. The van der Waals surface area contributed by atoms with E-state index in [1.807, 2.05) is 0 Å². The maximum absolute atomic E-state index is 8.86. The van der Waals surface area contributed by atoms with Gasteiger partial charge in [-0.3, -0.25) is 0 Å². The summed E-state index contributed by atoms with van der Waals surface area (Å²) in [7, 11) is 0. The molecule has 0 amide bonds. The maximum Gasteiger partial charge on any atom is 0.0620 e. The van der Waals surface area contributed by atoms with Gasteiger partial charge in [-0.25, -0.2) is 0 Å². The zero-order valence-corrected chi connectivity index (χ0v) is 9.17. The molecule has 1 aliphatic rings. The Bertz CT molecular complexity index is 137. The average molecular weight is 201 g/mol. The molecule has 0 radical (unpaired) electrons. The molecule has 1 atom stereocenters. The maximum atomic E-state index is 8.86. The lowest BCUT2D eigenvalue weighted by Gasteiger charge is -2.17. The van der Waals surface area contributed by atoms with Crippen LogP contribution in [-0.4, -0.2) is 37.5 Å². The Kier molecular flexibility index (Phi) is 6.15. The summed E-state index contributed by atoms with van der Waals surface area (Å²) in [5.74, 6) is 0.830. The fourth-order valence-electron chi connectivity index (χ4n) is 1.41. The van der Waals surface area contributed by atoms with Crippen molar-refractivity contribution in [2.45, 2.75) is 38.6 Å². The Balaban J connectivity index is 1.99. The van der Waals surface area contributed by atoms with E-state index in [9.17, 15) is 0 Å². The molecule has 0 aliphatic heterocycles. The first-order chi connectivity index (χ1) is 6.86. The van der Waals surface area contributed by atoms with E-state index in [2.05, 4.69) is 12.2 Å². The SMILES string of the molecule is CCCNC(CCO)COCC1CC1. The number of hydrogen-bond acceptors (Lipinski definition) is 3. The second-order valence-corrected chi connectivity index (χ2v) is 4.14. The summed E-state index contributed by atoms with van der Waals surface area (Å²) < 4.78 is 5.60. The van der Waals surface area contributed by atoms with Crippen molar-refractivity contribution >= 4 is 0 Å². The van der Waals surface area contributed by atoms with Crippen LogP contribution in [0, 0.1) is 5.92 Å². The largest absolute Gasteiger partial charge is 0.396 e. The van der Waals surface area contributed by atoms with Gasteiger partial charge < -0.3 is 15.2 Å². The summed E-state index contributed by atoms with van der Waals surface area (Å²) in [5, 5.41) is 12.2. The normalized spacial score (nSPS) is 18.4. The van der Waals surface area contributed by atoms with Gasteiger partial charge in [0, 0.05) is 19.3 Å². The van der Waals surface area contributed by atoms with E-state index in [-0.39, 0.29) is 6.61 Å². The van der Waals surface area contributed by atoms with Crippen molar-refractivity contribution in [2.24, 2.45) is 5.92 Å². The van der Waals surface area contributed by atoms with Crippen molar-refractivity contribution in [3.63, 3.8) is 0 Å². The van der Waals surface area contributed by atoms with Gasteiger partial charge in [0.15, 0.2) is 0 Å². The number of nitrogens with one attached hydrogen (secondary N) is 1. The molecule has 1 saturated carbocycles. The zero-order valence-electron chi connectivity index (χ0n) is 9.17. The summed E-state index contributed by atoms with van der Waals surface area (Å²) in [6, 6.07) is 0.332. The summed E-state index contributed by atoms with van der Waals surface area (Å²) in [4.78, 5) is 0. The van der Waals surface area contributed by atoms with Crippen LogP contribution in [0.25, 0.3) is 0 Å². The van der Waals surface area contributed by atoms with Gasteiger partial charge in [-0.2, -0.15) is 0 Å². The van der Waals surface area contributed by atoms with Crippen LogP contribution in [0.5, 0.6) is 0 Å². The predicted molar refractivity (Wildman–Crippen MR) is 57.3 cm³/mol. The van der Waals surface area contributed by atoms with E-state index >= 15 is 0 Å². The van der Waals surface area contributed by atoms with Gasteiger partial charge in [-0.15, -0.1) is 0 Å². The minimum Gasteiger partial charge on any atom is -0.396 e. The lowest BCUT2D eigenvalue weighted by Crippen LogP contribution is -2.35. The highest BCUT2D eigenvalue weighted by Crippen LogP contribution is 2.28. The van der Waals surface area contributed by atoms with Crippen LogP contribution in [0.1, 0.15) is 32.6 Å². The summed E-state index contributed by atoms with van der Waals surface area (Å²) in [6.45, 7) is 5.06. The quantitative estimate of drug-likeness (QED) is 0.588. The van der Waals surface area contributed by atoms with Crippen molar-refractivity contribution in [1.29, 1.82) is 0 Å². The molecule has 3 heteroatoms. The van der Waals surface area contributed by atoms with E-state index in [4.69, 9.17) is 9.84 Å². The minimum atomic E-state index is 0.244. The third kappa shape index (κ3) is 5.58. The first-order valence-electron chi connectivity index (χ1n) is 5.78. The number of rotatable bonds is 9. The van der Waals surface area contributed by atoms with Crippen molar-refractivity contribution in [2.75, 3.05) is 26.4 Å². The molecule has 0 heterocycles. The average Bonchev–Trinajstić information content (AvgIpc) is 2.98. The van der Waals surface area contributed by atoms with Gasteiger partial charge in [-0.05, 0) is 38.1 Å². The van der Waals surface area contributed by atoms with Crippen LogP contribution < -0.4 is 5.32 Å². The highest BCUT2D eigenvalue weighted by Gasteiger charge is 2.21. The van der Waals surface area contributed by atoms with Crippen LogP contribution in [0.2, 0.25) is 0 Å². The number of aliphatic hydroxyl groups is 1. The lowest BCUT2D eigenvalue weighted by atomic mass is 10.2. The topological polar surface area (TPSA) is 41.5 Å². The van der Waals surface area contributed by atoms with Crippen LogP contribution in [0.4, 0.5) is 0 Å². The summed E-state index contributed by atoms with van der Waals surface area (Å²) >= 11 is 0. The first-order valence-corrected chi connectivity index (χ1v) is 5.78. The van der Waals surface area contributed by atoms with Gasteiger partial charge in [-0.1, -0.05) is 6.92 Å². The van der Waals surface area contributed by atoms with Gasteiger partial charge in [0.25, 0.3) is 0 Å². The van der Waals surface area contributed by atoms with Crippen molar-refractivity contribution in [3.05, 3.63) is 0 Å². The number of ether oxygens (including phenoxy) is 1. The molecular formula is C11H23NO2. The molecule has 2 N–H and O–H groups in total. The first kappa shape index (κ1) is 12.0. The van der Waals surface area contributed by atoms with E-state index in [0.717, 1.165) is 38.5 Å². The second-order valence-electron chi connectivity index (χ2n) is 4.14. The van der Waals surface area contributed by atoms with E-state index in [1.165, 1.54) is 12.8 Å². The molecule has 0 spiro atoms. The standard InChI is InChI=1S/C11H23NO2/c1-2-6-12-11(5-7-13)9-14-8-10-3-4-10/h10-13H,2-9H2,1H3. The van der Waals surface area contributed by atoms with Crippen molar-refractivity contribution in [3.8, 4) is 0 Å². The molecule has 14 heavy (non-hydrogen) atoms. The van der Waals surface area contributed by atoms with Crippen LogP contribution in [0.3, 0.4) is 0 Å². The zero-order chi connectivity index (χ0) is 10.2. The molecule has 3 nitrogen and oxygen atoms in total. The third-order valence-corrected chi connectivity index (χ3v) is 2.53. The smallest absolute Gasteiger partial charge is 0.0620 e. The molecule has 0 saturated heterocycles. The molecule has 0 bridgehead atoms. The van der Waals surface area contributed by atoms with Crippen molar-refractivity contribution in [1.82, 2.24) is 5.32 Å². The van der Waals surface area contributed by atoms with Gasteiger partial charge in [0.2, 0.25) is 0 Å². The Hall–Kier alpha value is -0.120. The Morgan fingerprint density at radius 2 is 2.29 bits per heavy atom. The molecule has 1 rings (SSSR count).